The maximum absolute atomic E-state index is 14.6. The van der Waals surface area contributed by atoms with Gasteiger partial charge in [-0.05, 0) is 68.6 Å². The first-order valence-corrected chi connectivity index (χ1v) is 13.9. The van der Waals surface area contributed by atoms with E-state index in [9.17, 15) is 19.1 Å². The maximum atomic E-state index is 14.6. The molecule has 8 nitrogen and oxygen atoms in total. The number of esters is 1. The summed E-state index contributed by atoms with van der Waals surface area (Å²) in [6.45, 7) is 5.25. The minimum atomic E-state index is -0.762. The third-order valence-electron chi connectivity index (χ3n) is 8.24. The van der Waals surface area contributed by atoms with Crippen LogP contribution >= 0.6 is 0 Å². The first-order chi connectivity index (χ1) is 18.7. The molecule has 3 aliphatic rings. The largest absolute Gasteiger partial charge is 0.454 e. The number of fused-ring (bicyclic) bond motifs is 1. The van der Waals surface area contributed by atoms with E-state index < -0.39 is 30.3 Å². The van der Waals surface area contributed by atoms with Gasteiger partial charge in [-0.2, -0.15) is 0 Å². The molecule has 0 bridgehead atoms. The number of nitrogens with zero attached hydrogens (tertiary/aromatic N) is 2. The predicted octanol–water partition coefficient (Wildman–Crippen LogP) is 3.88. The number of amidine groups is 1. The van der Waals surface area contributed by atoms with Gasteiger partial charge in [-0.15, -0.1) is 0 Å². The third kappa shape index (κ3) is 6.41. The highest BCUT2D eigenvalue weighted by atomic mass is 19.1. The van der Waals surface area contributed by atoms with Crippen LogP contribution < -0.4 is 5.73 Å². The van der Waals surface area contributed by atoms with E-state index >= 15 is 0 Å². The number of likely N-dealkylation sites (N-methyl/N-ethyl adjacent to an activating group) is 1. The summed E-state index contributed by atoms with van der Waals surface area (Å²) in [6, 6.07) is 4.49. The van der Waals surface area contributed by atoms with Crippen molar-refractivity contribution < 1.29 is 28.6 Å². The van der Waals surface area contributed by atoms with Crippen LogP contribution in [0, 0.1) is 17.2 Å². The molecular formula is C30H40FN3O5. The number of nitrogens with two attached hydrogens (primary N) is 1. The zero-order chi connectivity index (χ0) is 28.2. The van der Waals surface area contributed by atoms with Gasteiger partial charge in [0.15, 0.2) is 6.61 Å². The van der Waals surface area contributed by atoms with Gasteiger partial charge in [-0.1, -0.05) is 25.1 Å². The third-order valence-corrected chi connectivity index (χ3v) is 8.24. The Morgan fingerprint density at radius 2 is 2.10 bits per heavy atom. The lowest BCUT2D eigenvalue weighted by molar-refractivity contribution is -0.137. The quantitative estimate of drug-likeness (QED) is 0.103. The monoisotopic (exact) mass is 541 g/mol. The SMILES string of the molecule is CCC(N)=C(C(=O)OCC(=O)c1c(F)cccc1C1=CC1)C(=NCCCC12CC1CCOCC2O)N(C)CC. The first-order valence-electron chi connectivity index (χ1n) is 13.9. The minimum Gasteiger partial charge on any atom is -0.454 e. The van der Waals surface area contributed by atoms with Crippen molar-refractivity contribution in [1.82, 2.24) is 4.90 Å². The van der Waals surface area contributed by atoms with Gasteiger partial charge in [0.25, 0.3) is 0 Å². The summed E-state index contributed by atoms with van der Waals surface area (Å²) in [5, 5.41) is 10.6. The Hall–Kier alpha value is -3.04. The van der Waals surface area contributed by atoms with Crippen LogP contribution in [0.15, 0.2) is 40.5 Å². The Kier molecular flexibility index (Phi) is 9.23. The highest BCUT2D eigenvalue weighted by Crippen LogP contribution is 2.61. The molecule has 3 atom stereocenters. The van der Waals surface area contributed by atoms with E-state index in [1.807, 2.05) is 31.9 Å². The number of aliphatic hydroxyl groups excluding tert-OH is 1. The Bertz CT molecular complexity index is 1190. The number of aliphatic imine (C=N–C) groups is 1. The number of aliphatic hydroxyl groups is 1. The number of carbonyl (C=O) groups excluding carboxylic acids is 2. The Balaban J connectivity index is 1.46. The average Bonchev–Trinajstić information content (AvgIpc) is 3.85. The summed E-state index contributed by atoms with van der Waals surface area (Å²) in [4.78, 5) is 32.8. The second-order valence-electron chi connectivity index (χ2n) is 10.7. The molecule has 9 heteroatoms. The van der Waals surface area contributed by atoms with E-state index in [0.29, 0.717) is 62.2 Å². The molecule has 1 saturated heterocycles. The number of rotatable bonds is 12. The second-order valence-corrected chi connectivity index (χ2v) is 10.7. The fourth-order valence-corrected chi connectivity index (χ4v) is 5.55. The van der Waals surface area contributed by atoms with Gasteiger partial charge in [0.2, 0.25) is 5.78 Å². The lowest BCUT2D eigenvalue weighted by atomic mass is 9.90. The standard InChI is InChI=1S/C30H40FN3O5/c1-4-23(32)27(29(37)39-17-24(35)26-21(19-10-11-19)8-6-9-22(26)31)28(34(3)5-2)33-14-7-13-30-16-20(30)12-15-38-18-25(30)36/h6,8-10,20,25,36H,4-5,7,11-18,32H2,1-3H3. The molecular weight excluding hydrogens is 501 g/mol. The number of hydrogen-bond acceptors (Lipinski definition) is 7. The number of hydrogen-bond donors (Lipinski definition) is 2. The van der Waals surface area contributed by atoms with Crippen molar-refractivity contribution >= 4 is 23.2 Å². The minimum absolute atomic E-state index is 0.0635. The zero-order valence-corrected chi connectivity index (χ0v) is 23.2. The number of carbonyl (C=O) groups is 2. The van der Waals surface area contributed by atoms with Crippen LogP contribution in [0.1, 0.15) is 68.3 Å². The van der Waals surface area contributed by atoms with Crippen LogP contribution in [-0.2, 0) is 14.3 Å². The highest BCUT2D eigenvalue weighted by molar-refractivity contribution is 6.19. The van der Waals surface area contributed by atoms with E-state index in [1.165, 1.54) is 6.07 Å². The molecule has 1 heterocycles. The van der Waals surface area contributed by atoms with E-state index in [-0.39, 0.29) is 16.6 Å². The average molecular weight is 542 g/mol. The molecule has 1 aromatic rings. The van der Waals surface area contributed by atoms with Crippen LogP contribution in [-0.4, -0.2) is 73.7 Å². The molecule has 0 spiro atoms. The topological polar surface area (TPSA) is 114 Å². The van der Waals surface area contributed by atoms with Crippen LogP contribution in [0.5, 0.6) is 0 Å². The Morgan fingerprint density at radius 3 is 2.79 bits per heavy atom. The van der Waals surface area contributed by atoms with Crippen molar-refractivity contribution in [3.8, 4) is 0 Å². The fraction of sp³-hybridized carbons (Fsp3) is 0.567. The van der Waals surface area contributed by atoms with E-state index in [2.05, 4.69) is 0 Å². The molecule has 39 heavy (non-hydrogen) atoms. The zero-order valence-electron chi connectivity index (χ0n) is 23.2. The van der Waals surface area contributed by atoms with Gasteiger partial charge < -0.3 is 25.2 Å². The Morgan fingerprint density at radius 1 is 1.33 bits per heavy atom. The van der Waals surface area contributed by atoms with E-state index in [1.54, 1.807) is 12.1 Å². The number of allylic oxidation sites excluding steroid dienone is 3. The van der Waals surface area contributed by atoms with E-state index in [0.717, 1.165) is 31.3 Å². The van der Waals surface area contributed by atoms with Crippen LogP contribution in [0.3, 0.4) is 0 Å². The summed E-state index contributed by atoms with van der Waals surface area (Å²) in [6.07, 6.45) is 6.11. The second kappa shape index (κ2) is 12.4. The normalized spacial score (nSPS) is 24.6. The summed E-state index contributed by atoms with van der Waals surface area (Å²) < 4.78 is 25.5. The lowest BCUT2D eigenvalue weighted by Gasteiger charge is -2.23. The predicted molar refractivity (Wildman–Crippen MR) is 148 cm³/mol. The molecule has 1 aromatic carbocycles. The van der Waals surface area contributed by atoms with Crippen molar-refractivity contribution in [3.63, 3.8) is 0 Å². The summed E-state index contributed by atoms with van der Waals surface area (Å²) >= 11 is 0. The molecule has 0 amide bonds. The van der Waals surface area contributed by atoms with Crippen molar-refractivity contribution in [3.05, 3.63) is 52.5 Å². The molecule has 4 rings (SSSR count). The van der Waals surface area contributed by atoms with Gasteiger partial charge in [-0.25, -0.2) is 9.18 Å². The smallest absolute Gasteiger partial charge is 0.344 e. The summed E-state index contributed by atoms with van der Waals surface area (Å²) in [5.74, 6) is -1.12. The van der Waals surface area contributed by atoms with Gasteiger partial charge in [0, 0.05) is 37.9 Å². The van der Waals surface area contributed by atoms with Crippen LogP contribution in [0.4, 0.5) is 4.39 Å². The van der Waals surface area contributed by atoms with Gasteiger partial charge >= 0.3 is 5.97 Å². The molecule has 0 radical (unpaired) electrons. The molecule has 2 fully saturated rings. The van der Waals surface area contributed by atoms with E-state index in [4.69, 9.17) is 20.2 Å². The molecule has 212 valence electrons. The lowest BCUT2D eigenvalue weighted by Crippen LogP contribution is -2.35. The Labute approximate surface area is 229 Å². The van der Waals surface area contributed by atoms with Crippen LogP contribution in [0.25, 0.3) is 5.57 Å². The van der Waals surface area contributed by atoms with Gasteiger partial charge in [-0.3, -0.25) is 9.79 Å². The number of benzene rings is 1. The van der Waals surface area contributed by atoms with Crippen molar-refractivity contribution in [1.29, 1.82) is 0 Å². The van der Waals surface area contributed by atoms with Gasteiger partial charge in [0.05, 0.1) is 18.3 Å². The van der Waals surface area contributed by atoms with Crippen molar-refractivity contribution in [2.45, 2.75) is 58.5 Å². The number of Topliss-reactive ketones (excluding diaryl/α,β-unsaturated/α-hetero) is 1. The highest BCUT2D eigenvalue weighted by Gasteiger charge is 2.58. The van der Waals surface area contributed by atoms with Crippen molar-refractivity contribution in [2.75, 3.05) is 40.0 Å². The van der Waals surface area contributed by atoms with Crippen molar-refractivity contribution in [2.24, 2.45) is 22.1 Å². The molecule has 1 aliphatic heterocycles. The molecule has 2 aliphatic carbocycles. The molecule has 3 N–H and O–H groups in total. The number of ether oxygens (including phenoxy) is 2. The summed E-state index contributed by atoms with van der Waals surface area (Å²) in [7, 11) is 1.82. The number of halogens is 1. The van der Waals surface area contributed by atoms with Crippen LogP contribution in [0.2, 0.25) is 0 Å². The maximum Gasteiger partial charge on any atom is 0.344 e. The number of ketones is 1. The molecule has 3 unspecified atom stereocenters. The first kappa shape index (κ1) is 29.0. The van der Waals surface area contributed by atoms with Gasteiger partial charge in [0.1, 0.15) is 17.2 Å². The fourth-order valence-electron chi connectivity index (χ4n) is 5.55. The molecule has 1 saturated carbocycles. The summed E-state index contributed by atoms with van der Waals surface area (Å²) in [5.41, 5.74) is 7.99. The molecule has 0 aromatic heterocycles.